The Kier molecular flexibility index (Phi) is 8.05. The second kappa shape index (κ2) is 10.5. The van der Waals surface area contributed by atoms with Gasteiger partial charge in [0.2, 0.25) is 5.91 Å². The predicted molar refractivity (Wildman–Crippen MR) is 103 cm³/mol. The molecule has 0 aromatic heterocycles. The van der Waals surface area contributed by atoms with Crippen LogP contribution in [0.3, 0.4) is 0 Å². The molecule has 2 rings (SSSR count). The predicted octanol–water partition coefficient (Wildman–Crippen LogP) is 1.64. The van der Waals surface area contributed by atoms with Crippen LogP contribution in [0.4, 0.5) is 0 Å². The molecule has 0 saturated carbocycles. The number of ether oxygens (including phenoxy) is 2. The molecule has 26 heavy (non-hydrogen) atoms. The maximum atomic E-state index is 12.2. The molecule has 0 radical (unpaired) electrons. The number of methoxy groups -OCH3 is 1. The summed E-state index contributed by atoms with van der Waals surface area (Å²) < 4.78 is 11.1. The molecule has 1 aliphatic heterocycles. The summed E-state index contributed by atoms with van der Waals surface area (Å²) in [7, 11) is 3.32. The molecule has 0 spiro atoms. The first-order chi connectivity index (χ1) is 12.6. The Morgan fingerprint density at radius 1 is 1.23 bits per heavy atom. The second-order valence-electron chi connectivity index (χ2n) is 6.36. The average molecular weight is 362 g/mol. The van der Waals surface area contributed by atoms with Gasteiger partial charge in [-0.05, 0) is 38.3 Å². The summed E-state index contributed by atoms with van der Waals surface area (Å²) in [4.78, 5) is 18.3. The van der Waals surface area contributed by atoms with E-state index in [4.69, 9.17) is 9.47 Å². The molecule has 7 nitrogen and oxygen atoms in total. The molecule has 1 unspecified atom stereocenters. The summed E-state index contributed by atoms with van der Waals surface area (Å²) in [5.74, 6) is 2.23. The lowest BCUT2D eigenvalue weighted by Gasteiger charge is -2.27. The highest BCUT2D eigenvalue weighted by Gasteiger charge is 2.16. The van der Waals surface area contributed by atoms with E-state index in [1.807, 2.05) is 36.1 Å². The Hall–Kier alpha value is -2.44. The van der Waals surface area contributed by atoms with Gasteiger partial charge >= 0.3 is 0 Å². The summed E-state index contributed by atoms with van der Waals surface area (Å²) in [6, 6.07) is 7.51. The van der Waals surface area contributed by atoms with Crippen molar-refractivity contribution >= 4 is 11.9 Å². The summed E-state index contributed by atoms with van der Waals surface area (Å²) in [5, 5.41) is 6.26. The number of carbonyl (C=O) groups is 1. The SMILES string of the molecule is CN=C(NCC(=O)N1CCCCC1)NCC(C)Oc1cccc(OC)c1. The van der Waals surface area contributed by atoms with E-state index in [2.05, 4.69) is 15.6 Å². The van der Waals surface area contributed by atoms with E-state index in [1.165, 1.54) is 6.42 Å². The molecule has 1 fully saturated rings. The fourth-order valence-electron chi connectivity index (χ4n) is 2.82. The summed E-state index contributed by atoms with van der Waals surface area (Å²) >= 11 is 0. The Bertz CT molecular complexity index is 600. The van der Waals surface area contributed by atoms with Gasteiger partial charge < -0.3 is 25.0 Å². The van der Waals surface area contributed by atoms with Crippen LogP contribution in [0.25, 0.3) is 0 Å². The minimum Gasteiger partial charge on any atom is -0.497 e. The summed E-state index contributed by atoms with van der Waals surface area (Å²) in [6.07, 6.45) is 3.33. The molecule has 7 heteroatoms. The number of hydrogen-bond acceptors (Lipinski definition) is 4. The van der Waals surface area contributed by atoms with Gasteiger partial charge in [-0.15, -0.1) is 0 Å². The third kappa shape index (κ3) is 6.46. The number of piperidine rings is 1. The number of carbonyl (C=O) groups excluding carboxylic acids is 1. The highest BCUT2D eigenvalue weighted by atomic mass is 16.5. The van der Waals surface area contributed by atoms with Crippen LogP contribution in [0, 0.1) is 0 Å². The topological polar surface area (TPSA) is 75.2 Å². The van der Waals surface area contributed by atoms with Gasteiger partial charge in [-0.25, -0.2) is 0 Å². The normalized spacial score (nSPS) is 16.0. The van der Waals surface area contributed by atoms with Crippen LogP contribution in [0.15, 0.2) is 29.3 Å². The highest BCUT2D eigenvalue weighted by molar-refractivity contribution is 5.86. The van der Waals surface area contributed by atoms with Crippen LogP contribution in [0.2, 0.25) is 0 Å². The number of likely N-dealkylation sites (tertiary alicyclic amines) is 1. The van der Waals surface area contributed by atoms with Crippen molar-refractivity contribution < 1.29 is 14.3 Å². The van der Waals surface area contributed by atoms with Gasteiger partial charge in [-0.3, -0.25) is 9.79 Å². The van der Waals surface area contributed by atoms with Gasteiger partial charge in [0.1, 0.15) is 17.6 Å². The van der Waals surface area contributed by atoms with Crippen LogP contribution in [0.1, 0.15) is 26.2 Å². The first kappa shape index (κ1) is 19.9. The number of hydrogen-bond donors (Lipinski definition) is 2. The molecular weight excluding hydrogens is 332 g/mol. The first-order valence-electron chi connectivity index (χ1n) is 9.15. The lowest BCUT2D eigenvalue weighted by Crippen LogP contribution is -2.47. The van der Waals surface area contributed by atoms with Crippen molar-refractivity contribution in [1.29, 1.82) is 0 Å². The van der Waals surface area contributed by atoms with E-state index in [0.717, 1.165) is 37.4 Å². The largest absolute Gasteiger partial charge is 0.497 e. The number of nitrogens with zero attached hydrogens (tertiary/aromatic N) is 2. The van der Waals surface area contributed by atoms with Gasteiger partial charge in [-0.2, -0.15) is 0 Å². The zero-order valence-electron chi connectivity index (χ0n) is 16.0. The van der Waals surface area contributed by atoms with Crippen molar-refractivity contribution in [3.8, 4) is 11.5 Å². The quantitative estimate of drug-likeness (QED) is 0.570. The van der Waals surface area contributed by atoms with E-state index in [-0.39, 0.29) is 18.6 Å². The Morgan fingerprint density at radius 2 is 1.96 bits per heavy atom. The Balaban J connectivity index is 1.72. The molecule has 1 aliphatic rings. The first-order valence-corrected chi connectivity index (χ1v) is 9.15. The molecule has 1 aromatic rings. The molecular formula is C19H30N4O3. The van der Waals surface area contributed by atoms with E-state index >= 15 is 0 Å². The monoisotopic (exact) mass is 362 g/mol. The number of amides is 1. The van der Waals surface area contributed by atoms with E-state index in [1.54, 1.807) is 14.2 Å². The second-order valence-corrected chi connectivity index (χ2v) is 6.36. The smallest absolute Gasteiger partial charge is 0.241 e. The average Bonchev–Trinajstić information content (AvgIpc) is 2.68. The zero-order chi connectivity index (χ0) is 18.8. The van der Waals surface area contributed by atoms with Gasteiger partial charge in [0.25, 0.3) is 0 Å². The Morgan fingerprint density at radius 3 is 2.65 bits per heavy atom. The van der Waals surface area contributed by atoms with Crippen LogP contribution in [0.5, 0.6) is 11.5 Å². The number of rotatable bonds is 7. The zero-order valence-corrected chi connectivity index (χ0v) is 16.0. The minimum absolute atomic E-state index is 0.0709. The van der Waals surface area contributed by atoms with Crippen molar-refractivity contribution in [2.24, 2.45) is 4.99 Å². The number of guanidine groups is 1. The number of aliphatic imine (C=N–C) groups is 1. The molecule has 1 atom stereocenters. The summed E-state index contributed by atoms with van der Waals surface area (Å²) in [6.45, 7) is 4.51. The number of nitrogens with one attached hydrogen (secondary N) is 2. The molecule has 0 aliphatic carbocycles. The van der Waals surface area contributed by atoms with Crippen LogP contribution in [-0.4, -0.2) is 63.2 Å². The van der Waals surface area contributed by atoms with Crippen LogP contribution in [-0.2, 0) is 4.79 Å². The minimum atomic E-state index is -0.0709. The maximum absolute atomic E-state index is 12.2. The van der Waals surface area contributed by atoms with Crippen molar-refractivity contribution in [3.05, 3.63) is 24.3 Å². The van der Waals surface area contributed by atoms with Gasteiger partial charge in [0, 0.05) is 26.2 Å². The van der Waals surface area contributed by atoms with Crippen molar-refractivity contribution in [1.82, 2.24) is 15.5 Å². The van der Waals surface area contributed by atoms with E-state index in [9.17, 15) is 4.79 Å². The standard InChI is InChI=1S/C19H30N4O3/c1-15(26-17-9-7-8-16(12-17)25-3)13-21-19(20-2)22-14-18(24)23-10-5-4-6-11-23/h7-9,12,15H,4-6,10-11,13-14H2,1-3H3,(H2,20,21,22). The fraction of sp³-hybridized carbons (Fsp3) is 0.579. The van der Waals surface area contributed by atoms with Crippen molar-refractivity contribution in [3.63, 3.8) is 0 Å². The highest BCUT2D eigenvalue weighted by Crippen LogP contribution is 2.19. The van der Waals surface area contributed by atoms with Crippen molar-refractivity contribution in [2.75, 3.05) is 40.3 Å². The molecule has 1 heterocycles. The number of benzene rings is 1. The van der Waals surface area contributed by atoms with Gasteiger partial charge in [0.05, 0.1) is 20.2 Å². The van der Waals surface area contributed by atoms with Gasteiger partial charge in [-0.1, -0.05) is 6.07 Å². The van der Waals surface area contributed by atoms with Gasteiger partial charge in [0.15, 0.2) is 5.96 Å². The molecule has 1 aromatic carbocycles. The van der Waals surface area contributed by atoms with E-state index < -0.39 is 0 Å². The van der Waals surface area contributed by atoms with Crippen LogP contribution >= 0.6 is 0 Å². The molecule has 144 valence electrons. The van der Waals surface area contributed by atoms with E-state index in [0.29, 0.717) is 12.5 Å². The summed E-state index contributed by atoms with van der Waals surface area (Å²) in [5.41, 5.74) is 0. The molecule has 0 bridgehead atoms. The maximum Gasteiger partial charge on any atom is 0.241 e. The third-order valence-electron chi connectivity index (χ3n) is 4.27. The van der Waals surface area contributed by atoms with Crippen molar-refractivity contribution in [2.45, 2.75) is 32.3 Å². The lowest BCUT2D eigenvalue weighted by atomic mass is 10.1. The molecule has 1 amide bonds. The fourth-order valence-corrected chi connectivity index (χ4v) is 2.82. The molecule has 1 saturated heterocycles. The van der Waals surface area contributed by atoms with Crippen LogP contribution < -0.4 is 20.1 Å². The molecule has 2 N–H and O–H groups in total. The third-order valence-corrected chi connectivity index (χ3v) is 4.27. The Labute approximate surface area is 155 Å². The lowest BCUT2D eigenvalue weighted by molar-refractivity contribution is -0.130.